The van der Waals surface area contributed by atoms with E-state index in [0.29, 0.717) is 24.0 Å². The van der Waals surface area contributed by atoms with E-state index in [1.54, 1.807) is 0 Å². The molecule has 1 aliphatic rings. The number of aliphatic hydroxyl groups is 1. The third-order valence-electron chi connectivity index (χ3n) is 3.76. The van der Waals surface area contributed by atoms with E-state index in [4.69, 9.17) is 10.5 Å². The zero-order valence-corrected chi connectivity index (χ0v) is 12.0. The fraction of sp³-hybridized carbons (Fsp3) is 0.714. The van der Waals surface area contributed by atoms with Crippen molar-refractivity contribution in [3.63, 3.8) is 0 Å². The molecule has 2 rings (SSSR count). The van der Waals surface area contributed by atoms with E-state index >= 15 is 0 Å². The second kappa shape index (κ2) is 7.28. The number of nitrogens with two attached hydrogens (primary N) is 1. The van der Waals surface area contributed by atoms with Gasteiger partial charge in [-0.15, -0.1) is 0 Å². The Morgan fingerprint density at radius 3 is 2.95 bits per heavy atom. The third-order valence-corrected chi connectivity index (χ3v) is 3.76. The Balaban J connectivity index is 2.08. The molecular formula is C14H24N4O2. The van der Waals surface area contributed by atoms with Crippen LogP contribution < -0.4 is 15.8 Å². The normalized spacial score (nSPS) is 22.5. The lowest BCUT2D eigenvalue weighted by Crippen LogP contribution is -2.35. The Labute approximate surface area is 119 Å². The van der Waals surface area contributed by atoms with Crippen LogP contribution in [0.3, 0.4) is 0 Å². The average molecular weight is 280 g/mol. The van der Waals surface area contributed by atoms with Crippen molar-refractivity contribution >= 4 is 11.5 Å². The highest BCUT2D eigenvalue weighted by Crippen LogP contribution is 2.30. The smallest absolute Gasteiger partial charge is 0.242 e. The predicted octanol–water partition coefficient (Wildman–Crippen LogP) is 1.81. The molecule has 2 unspecified atom stereocenters. The molecule has 1 heterocycles. The number of aromatic nitrogens is 2. The lowest BCUT2D eigenvalue weighted by Gasteiger charge is -2.31. The van der Waals surface area contributed by atoms with Crippen molar-refractivity contribution in [3.05, 3.63) is 6.33 Å². The summed E-state index contributed by atoms with van der Waals surface area (Å²) in [7, 11) is 0. The Hall–Kier alpha value is -1.56. The predicted molar refractivity (Wildman–Crippen MR) is 78.7 cm³/mol. The number of nitrogens with one attached hydrogen (secondary N) is 1. The van der Waals surface area contributed by atoms with Gasteiger partial charge in [0.05, 0.1) is 6.61 Å². The molecule has 0 amide bonds. The van der Waals surface area contributed by atoms with E-state index in [1.807, 2.05) is 6.92 Å². The summed E-state index contributed by atoms with van der Waals surface area (Å²) < 4.78 is 5.50. The molecule has 0 spiro atoms. The van der Waals surface area contributed by atoms with Crippen molar-refractivity contribution in [2.75, 3.05) is 24.3 Å². The summed E-state index contributed by atoms with van der Waals surface area (Å²) in [5.74, 6) is 1.30. The second-order valence-electron chi connectivity index (χ2n) is 5.27. The quantitative estimate of drug-likeness (QED) is 0.736. The molecule has 4 N–H and O–H groups in total. The molecule has 6 heteroatoms. The van der Waals surface area contributed by atoms with Gasteiger partial charge in [-0.2, -0.15) is 4.98 Å². The van der Waals surface area contributed by atoms with Crippen molar-refractivity contribution in [3.8, 4) is 5.88 Å². The number of anilines is 2. The number of ether oxygens (including phenoxy) is 1. The molecule has 1 fully saturated rings. The Bertz CT molecular complexity index is 428. The monoisotopic (exact) mass is 280 g/mol. The molecule has 0 aliphatic heterocycles. The second-order valence-corrected chi connectivity index (χ2v) is 5.27. The number of rotatable bonds is 6. The van der Waals surface area contributed by atoms with E-state index in [1.165, 1.54) is 19.2 Å². The minimum Gasteiger partial charge on any atom is -0.476 e. The van der Waals surface area contributed by atoms with Gasteiger partial charge in [0.15, 0.2) is 5.82 Å². The minimum absolute atomic E-state index is 0.196. The van der Waals surface area contributed by atoms with E-state index in [0.717, 1.165) is 19.3 Å². The fourth-order valence-electron chi connectivity index (χ4n) is 2.60. The Morgan fingerprint density at radius 1 is 1.40 bits per heavy atom. The minimum atomic E-state index is 0.196. The summed E-state index contributed by atoms with van der Waals surface area (Å²) in [5, 5.41) is 12.8. The maximum Gasteiger partial charge on any atom is 0.242 e. The summed E-state index contributed by atoms with van der Waals surface area (Å²) in [5.41, 5.74) is 6.50. The topological polar surface area (TPSA) is 93.3 Å². The van der Waals surface area contributed by atoms with Gasteiger partial charge in [-0.3, -0.25) is 0 Å². The summed E-state index contributed by atoms with van der Waals surface area (Å²) in [4.78, 5) is 8.26. The molecule has 6 nitrogen and oxygen atoms in total. The first-order chi connectivity index (χ1) is 9.76. The van der Waals surface area contributed by atoms with Gasteiger partial charge in [0.25, 0.3) is 0 Å². The number of nitrogen functional groups attached to an aromatic ring is 1. The summed E-state index contributed by atoms with van der Waals surface area (Å²) >= 11 is 0. The molecule has 112 valence electrons. The average Bonchev–Trinajstić information content (AvgIpc) is 2.48. The van der Waals surface area contributed by atoms with E-state index in [-0.39, 0.29) is 18.6 Å². The molecule has 0 aromatic carbocycles. The lowest BCUT2D eigenvalue weighted by atomic mass is 9.85. The van der Waals surface area contributed by atoms with Gasteiger partial charge >= 0.3 is 0 Å². The zero-order valence-electron chi connectivity index (χ0n) is 12.0. The van der Waals surface area contributed by atoms with Crippen LogP contribution in [0, 0.1) is 5.92 Å². The molecule has 1 aromatic heterocycles. The largest absolute Gasteiger partial charge is 0.476 e. The van der Waals surface area contributed by atoms with Crippen molar-refractivity contribution in [2.24, 2.45) is 5.92 Å². The highest BCUT2D eigenvalue weighted by Gasteiger charge is 2.25. The number of aliphatic hydroxyl groups excluding tert-OH is 1. The Kier molecular flexibility index (Phi) is 5.40. The maximum atomic E-state index is 9.45. The zero-order chi connectivity index (χ0) is 14.4. The van der Waals surface area contributed by atoms with Gasteiger partial charge < -0.3 is 20.9 Å². The van der Waals surface area contributed by atoms with Crippen LogP contribution in [0.4, 0.5) is 11.5 Å². The van der Waals surface area contributed by atoms with Crippen LogP contribution in [-0.2, 0) is 0 Å². The third kappa shape index (κ3) is 3.50. The Morgan fingerprint density at radius 2 is 2.20 bits per heavy atom. The van der Waals surface area contributed by atoms with Crippen LogP contribution in [0.1, 0.15) is 39.0 Å². The molecule has 20 heavy (non-hydrogen) atoms. The SMILES string of the molecule is CCCOc1ncnc(NC2CCCCC2CO)c1N. The van der Waals surface area contributed by atoms with Gasteiger partial charge in [0.1, 0.15) is 12.0 Å². The fourth-order valence-corrected chi connectivity index (χ4v) is 2.60. The van der Waals surface area contributed by atoms with Gasteiger partial charge in [0, 0.05) is 18.6 Å². The van der Waals surface area contributed by atoms with Gasteiger partial charge in [-0.25, -0.2) is 4.98 Å². The maximum absolute atomic E-state index is 9.45. The van der Waals surface area contributed by atoms with Crippen LogP contribution in [-0.4, -0.2) is 34.3 Å². The molecule has 0 radical (unpaired) electrons. The van der Waals surface area contributed by atoms with E-state index in [9.17, 15) is 5.11 Å². The first-order valence-corrected chi connectivity index (χ1v) is 7.37. The molecule has 0 bridgehead atoms. The van der Waals surface area contributed by atoms with Crippen molar-refractivity contribution in [2.45, 2.75) is 45.1 Å². The van der Waals surface area contributed by atoms with Crippen LogP contribution in [0.15, 0.2) is 6.33 Å². The highest BCUT2D eigenvalue weighted by atomic mass is 16.5. The lowest BCUT2D eigenvalue weighted by molar-refractivity contribution is 0.178. The summed E-state index contributed by atoms with van der Waals surface area (Å²) in [6.07, 6.45) is 6.77. The molecule has 1 aliphatic carbocycles. The van der Waals surface area contributed by atoms with Crippen molar-refractivity contribution in [1.82, 2.24) is 9.97 Å². The van der Waals surface area contributed by atoms with Crippen molar-refractivity contribution < 1.29 is 9.84 Å². The molecular weight excluding hydrogens is 256 g/mol. The standard InChI is InChI=1S/C14H24N4O2/c1-2-7-20-14-12(15)13(16-9-17-14)18-11-6-4-3-5-10(11)8-19/h9-11,19H,2-8,15H2,1H3,(H,16,17,18). The molecule has 2 atom stereocenters. The first kappa shape index (κ1) is 14.8. The van der Waals surface area contributed by atoms with Crippen LogP contribution in [0.25, 0.3) is 0 Å². The van der Waals surface area contributed by atoms with E-state index < -0.39 is 0 Å². The summed E-state index contributed by atoms with van der Waals surface area (Å²) in [6, 6.07) is 0.213. The number of nitrogens with zero attached hydrogens (tertiary/aromatic N) is 2. The van der Waals surface area contributed by atoms with Gasteiger partial charge in [-0.1, -0.05) is 19.8 Å². The van der Waals surface area contributed by atoms with Crippen molar-refractivity contribution in [1.29, 1.82) is 0 Å². The van der Waals surface area contributed by atoms with Crippen LogP contribution in [0.2, 0.25) is 0 Å². The highest BCUT2D eigenvalue weighted by molar-refractivity contribution is 5.66. The van der Waals surface area contributed by atoms with E-state index in [2.05, 4.69) is 15.3 Å². The van der Waals surface area contributed by atoms with Crippen LogP contribution in [0.5, 0.6) is 5.88 Å². The van der Waals surface area contributed by atoms with Crippen LogP contribution >= 0.6 is 0 Å². The first-order valence-electron chi connectivity index (χ1n) is 7.37. The number of hydrogen-bond donors (Lipinski definition) is 3. The summed E-state index contributed by atoms with van der Waals surface area (Å²) in [6.45, 7) is 2.82. The van der Waals surface area contributed by atoms with Gasteiger partial charge in [-0.05, 0) is 19.3 Å². The molecule has 1 aromatic rings. The number of hydrogen-bond acceptors (Lipinski definition) is 6. The molecule has 0 saturated heterocycles. The van der Waals surface area contributed by atoms with Gasteiger partial charge in [0.2, 0.25) is 5.88 Å². The molecule has 1 saturated carbocycles.